The molecule has 6 aliphatic rings. The second kappa shape index (κ2) is 13.7. The molecule has 0 atom stereocenters. The summed E-state index contributed by atoms with van der Waals surface area (Å²) in [4.78, 5) is 2.53. The van der Waals surface area contributed by atoms with Gasteiger partial charge in [0.1, 0.15) is 0 Å². The number of benzene rings is 6. The molecule has 0 aliphatic heterocycles. The quantitative estimate of drug-likeness (QED) is 0.158. The van der Waals surface area contributed by atoms with Crippen LogP contribution in [0.5, 0.6) is 0 Å². The van der Waals surface area contributed by atoms with Gasteiger partial charge in [0.25, 0.3) is 0 Å². The van der Waals surface area contributed by atoms with Crippen molar-refractivity contribution in [2.24, 2.45) is 23.7 Å². The van der Waals surface area contributed by atoms with Crippen molar-refractivity contribution in [2.75, 3.05) is 4.90 Å². The van der Waals surface area contributed by atoms with Crippen molar-refractivity contribution >= 4 is 17.1 Å². The van der Waals surface area contributed by atoms with Crippen molar-refractivity contribution in [1.29, 1.82) is 0 Å². The van der Waals surface area contributed by atoms with Gasteiger partial charge < -0.3 is 4.90 Å². The summed E-state index contributed by atoms with van der Waals surface area (Å²) < 4.78 is 0. The maximum atomic E-state index is 2.53. The van der Waals surface area contributed by atoms with E-state index in [0.29, 0.717) is 5.92 Å². The minimum atomic E-state index is -0.113. The molecule has 1 nitrogen and oxygen atoms in total. The molecule has 5 saturated carbocycles. The van der Waals surface area contributed by atoms with E-state index in [1.54, 1.807) is 5.56 Å². The van der Waals surface area contributed by atoms with Crippen LogP contribution >= 0.6 is 0 Å². The van der Waals surface area contributed by atoms with Crippen LogP contribution in [0, 0.1) is 23.7 Å². The lowest BCUT2D eigenvalue weighted by molar-refractivity contribution is -0.00277. The van der Waals surface area contributed by atoms with Crippen molar-refractivity contribution < 1.29 is 0 Å². The normalized spacial score (nSPS) is 24.5. The first-order valence-corrected chi connectivity index (χ1v) is 21.9. The Labute approximate surface area is 334 Å². The predicted molar refractivity (Wildman–Crippen MR) is 235 cm³/mol. The van der Waals surface area contributed by atoms with E-state index < -0.39 is 0 Å². The third-order valence-corrected chi connectivity index (χ3v) is 15.2. The fraction of sp³-hybridized carbons (Fsp3) is 0.345. The maximum Gasteiger partial charge on any atom is 0.0465 e. The van der Waals surface area contributed by atoms with E-state index in [0.717, 1.165) is 29.6 Å². The van der Waals surface area contributed by atoms with Crippen LogP contribution in [0.1, 0.15) is 112 Å². The minimum Gasteiger partial charge on any atom is -0.310 e. The van der Waals surface area contributed by atoms with Gasteiger partial charge in [-0.05, 0) is 179 Å². The molecule has 0 aromatic heterocycles. The summed E-state index contributed by atoms with van der Waals surface area (Å²) in [7, 11) is 0. The molecule has 0 unspecified atom stereocenters. The summed E-state index contributed by atoms with van der Waals surface area (Å²) in [5, 5.41) is 0. The molecule has 1 heteroatoms. The van der Waals surface area contributed by atoms with Crippen molar-refractivity contribution in [3.05, 3.63) is 162 Å². The number of hydrogen-bond acceptors (Lipinski definition) is 1. The lowest BCUT2D eigenvalue weighted by atomic mass is 9.51. The summed E-state index contributed by atoms with van der Waals surface area (Å²) in [5.74, 6) is 5.26. The molecule has 0 amide bonds. The van der Waals surface area contributed by atoms with Crippen LogP contribution in [-0.4, -0.2) is 0 Å². The van der Waals surface area contributed by atoms with Crippen LogP contribution in [0.2, 0.25) is 0 Å². The van der Waals surface area contributed by atoms with Crippen LogP contribution in [0.15, 0.2) is 140 Å². The summed E-state index contributed by atoms with van der Waals surface area (Å²) >= 11 is 0. The molecule has 5 fully saturated rings. The molecule has 280 valence electrons. The zero-order valence-electron chi connectivity index (χ0n) is 33.3. The Morgan fingerprint density at radius 3 is 1.70 bits per heavy atom. The number of rotatable bonds is 7. The van der Waals surface area contributed by atoms with Crippen LogP contribution < -0.4 is 4.90 Å². The molecule has 0 radical (unpaired) electrons. The molecule has 0 heterocycles. The molecule has 56 heavy (non-hydrogen) atoms. The molecule has 6 aromatic rings. The number of nitrogens with zero attached hydrogens (tertiary/aromatic N) is 1. The van der Waals surface area contributed by atoms with Gasteiger partial charge in [0.15, 0.2) is 0 Å². The summed E-state index contributed by atoms with van der Waals surface area (Å²) in [6.07, 6.45) is 14.2. The first kappa shape index (κ1) is 34.4. The van der Waals surface area contributed by atoms with E-state index in [1.165, 1.54) is 131 Å². The molecule has 0 spiro atoms. The second-order valence-corrected chi connectivity index (χ2v) is 18.8. The van der Waals surface area contributed by atoms with Gasteiger partial charge in [-0.15, -0.1) is 0 Å². The molecule has 0 N–H and O–H groups in total. The molecule has 4 bridgehead atoms. The molecular formula is C55H55N. The molecule has 12 rings (SSSR count). The van der Waals surface area contributed by atoms with E-state index in [9.17, 15) is 0 Å². The van der Waals surface area contributed by atoms with Gasteiger partial charge in [0.05, 0.1) is 0 Å². The number of hydrogen-bond donors (Lipinski definition) is 0. The molecular weight excluding hydrogens is 675 g/mol. The summed E-state index contributed by atoms with van der Waals surface area (Å²) in [6, 6.07) is 53.8. The Morgan fingerprint density at radius 1 is 0.446 bits per heavy atom. The van der Waals surface area contributed by atoms with Crippen LogP contribution in [0.4, 0.5) is 17.1 Å². The number of fused-ring (bicyclic) bond motifs is 3. The highest BCUT2D eigenvalue weighted by atomic mass is 15.1. The van der Waals surface area contributed by atoms with Gasteiger partial charge in [-0.25, -0.2) is 0 Å². The van der Waals surface area contributed by atoms with Gasteiger partial charge in [-0.2, -0.15) is 0 Å². The topological polar surface area (TPSA) is 3.24 Å². The summed E-state index contributed by atoms with van der Waals surface area (Å²) in [5.41, 5.74) is 17.4. The highest BCUT2D eigenvalue weighted by Crippen LogP contribution is 2.60. The highest BCUT2D eigenvalue weighted by Gasteiger charge is 2.48. The van der Waals surface area contributed by atoms with E-state index in [4.69, 9.17) is 0 Å². The van der Waals surface area contributed by atoms with E-state index >= 15 is 0 Å². The molecule has 0 saturated heterocycles. The lowest BCUT2D eigenvalue weighted by Gasteiger charge is -2.54. The van der Waals surface area contributed by atoms with Crippen molar-refractivity contribution in [3.8, 4) is 33.4 Å². The van der Waals surface area contributed by atoms with Gasteiger partial charge in [0.2, 0.25) is 0 Å². The monoisotopic (exact) mass is 729 g/mol. The highest BCUT2D eigenvalue weighted by molar-refractivity contribution is 5.90. The predicted octanol–water partition coefficient (Wildman–Crippen LogP) is 15.4. The van der Waals surface area contributed by atoms with Crippen molar-refractivity contribution in [2.45, 2.75) is 95.3 Å². The van der Waals surface area contributed by atoms with Crippen LogP contribution in [0.25, 0.3) is 33.4 Å². The molecule has 6 aliphatic carbocycles. The average Bonchev–Trinajstić information content (AvgIpc) is 3.46. The fourth-order valence-electron chi connectivity index (χ4n) is 12.7. The van der Waals surface area contributed by atoms with Crippen LogP contribution in [-0.2, 0) is 5.41 Å². The maximum absolute atomic E-state index is 2.53. The Bertz CT molecular complexity index is 2350. The minimum absolute atomic E-state index is 0.113. The zero-order valence-corrected chi connectivity index (χ0v) is 33.3. The Morgan fingerprint density at radius 2 is 1.04 bits per heavy atom. The van der Waals surface area contributed by atoms with Crippen molar-refractivity contribution in [3.63, 3.8) is 0 Å². The first-order chi connectivity index (χ1) is 27.5. The van der Waals surface area contributed by atoms with Gasteiger partial charge in [0, 0.05) is 22.5 Å². The van der Waals surface area contributed by atoms with E-state index in [2.05, 4.69) is 158 Å². The Balaban J connectivity index is 0.973. The molecule has 6 aromatic carbocycles. The standard InChI is InChI=1S/C55H55N/c1-55(2)52-28-21-42(49-16-10-9-15-48(49)40-13-7-4-8-14-40)34-51(52)50-27-26-47(35-53(50)55)56(45-22-17-39(18-23-45)38-11-5-3-6-12-38)46-24-19-41(20-25-46)54-43-30-36-29-37(32-43)33-44(54)31-36/h4,7-10,13-28,34-38,43-44,54H,3,5-6,11-12,29-33H2,1-2H3. The van der Waals surface area contributed by atoms with E-state index in [-0.39, 0.29) is 5.41 Å². The zero-order chi connectivity index (χ0) is 37.4. The van der Waals surface area contributed by atoms with Crippen molar-refractivity contribution in [1.82, 2.24) is 0 Å². The smallest absolute Gasteiger partial charge is 0.0465 e. The number of anilines is 3. The van der Waals surface area contributed by atoms with Crippen LogP contribution in [0.3, 0.4) is 0 Å². The van der Waals surface area contributed by atoms with E-state index in [1.807, 2.05) is 0 Å². The van der Waals surface area contributed by atoms with Gasteiger partial charge in [-0.3, -0.25) is 0 Å². The Hall–Kier alpha value is -4.88. The average molecular weight is 730 g/mol. The lowest BCUT2D eigenvalue weighted by Crippen LogP contribution is -2.43. The SMILES string of the molecule is CC1(C)c2ccc(-c3ccccc3-c3ccccc3)cc2-c2ccc(N(c3ccc(C4CCCCC4)cc3)c3ccc(C4C5CC6CC(C5)CC4C6)cc3)cc21. The Kier molecular flexibility index (Phi) is 8.38. The summed E-state index contributed by atoms with van der Waals surface area (Å²) in [6.45, 7) is 4.84. The van der Waals surface area contributed by atoms with Gasteiger partial charge in [-0.1, -0.05) is 130 Å². The fourth-order valence-corrected chi connectivity index (χ4v) is 12.7. The van der Waals surface area contributed by atoms with Gasteiger partial charge >= 0.3 is 0 Å². The first-order valence-electron chi connectivity index (χ1n) is 21.9. The third kappa shape index (κ3) is 5.79. The largest absolute Gasteiger partial charge is 0.310 e. The third-order valence-electron chi connectivity index (χ3n) is 15.2. The second-order valence-electron chi connectivity index (χ2n) is 18.8.